The molecule has 5 heteroatoms. The molecule has 0 amide bonds. The fourth-order valence-electron chi connectivity index (χ4n) is 8.35. The van der Waals surface area contributed by atoms with Gasteiger partial charge in [0.05, 0.1) is 0 Å². The molecule has 0 bridgehead atoms. The number of benzene rings is 3. The van der Waals surface area contributed by atoms with Crippen LogP contribution in [0.4, 0.5) is 0 Å². The van der Waals surface area contributed by atoms with Gasteiger partial charge in [-0.1, -0.05) is 0 Å². The molecule has 0 unspecified atom stereocenters. The molecule has 3 nitrogen and oxygen atoms in total. The van der Waals surface area contributed by atoms with Gasteiger partial charge in [0.25, 0.3) is 0 Å². The molecule has 2 N–H and O–H groups in total. The second-order valence-electron chi connectivity index (χ2n) is 14.2. The molecular formula is C39H49ClCrO3. The molecule has 0 aromatic heterocycles. The van der Waals surface area contributed by atoms with Crippen LogP contribution in [-0.4, -0.2) is 26.5 Å². The number of rotatable bonds is 10. The Kier molecular flexibility index (Phi) is 10.9. The Morgan fingerprint density at radius 3 is 2.18 bits per heavy atom. The van der Waals surface area contributed by atoms with E-state index in [0.717, 1.165) is 42.2 Å². The van der Waals surface area contributed by atoms with Crippen molar-refractivity contribution in [2.45, 2.75) is 102 Å². The van der Waals surface area contributed by atoms with Crippen molar-refractivity contribution in [3.8, 4) is 0 Å². The second kappa shape index (κ2) is 14.3. The van der Waals surface area contributed by atoms with Gasteiger partial charge in [-0.25, -0.2) is 0 Å². The first-order valence-electron chi connectivity index (χ1n) is 16.4. The van der Waals surface area contributed by atoms with Crippen LogP contribution in [0, 0.1) is 23.7 Å². The van der Waals surface area contributed by atoms with Gasteiger partial charge in [0.2, 0.25) is 0 Å². The van der Waals surface area contributed by atoms with Crippen molar-refractivity contribution < 1.29 is 30.8 Å². The van der Waals surface area contributed by atoms with E-state index in [9.17, 15) is 10.2 Å². The number of hydrogen-bond donors (Lipinski definition) is 2. The molecule has 0 radical (unpaired) electrons. The van der Waals surface area contributed by atoms with Crippen LogP contribution in [0.2, 0.25) is 5.02 Å². The number of hydrogen-bond acceptors (Lipinski definition) is 3. The van der Waals surface area contributed by atoms with Crippen LogP contribution >= 0.6 is 11.6 Å². The van der Waals surface area contributed by atoms with Crippen LogP contribution < -0.4 is 0 Å². The molecular weight excluding hydrogens is 604 g/mol. The standard InChI is InChI=1S/C39H49ClO3.Cr/c1-27-18-23-34(38(2,3)30-14-9-6-10-15-30)36(26-27)43-25-24-32(28-12-7-5-8-13-28)33-16-11-17-35(39(33,4)42)37(41)29-19-21-31(40)22-20-29;/h5-10,12-15,19-22,27,32-37,41-42H,11,16-18,23-24,26H2,1-4H3;/t27-,32+,33+,34-,35+,36-,37+,39-;/m1./s1. The van der Waals surface area contributed by atoms with Crippen molar-refractivity contribution in [3.05, 3.63) is 107 Å². The Labute approximate surface area is 278 Å². The summed E-state index contributed by atoms with van der Waals surface area (Å²) in [6.07, 6.45) is 6.08. The Balaban J connectivity index is 1.39. The van der Waals surface area contributed by atoms with Crippen molar-refractivity contribution >= 4 is 16.2 Å². The summed E-state index contributed by atoms with van der Waals surface area (Å²) in [5, 5.41) is 24.5. The first kappa shape index (κ1) is 33.6. The van der Waals surface area contributed by atoms with E-state index in [4.69, 9.17) is 16.3 Å². The monoisotopic (exact) mass is 652 g/mol. The van der Waals surface area contributed by atoms with E-state index < -0.39 is 11.7 Å². The Morgan fingerprint density at radius 2 is 1.52 bits per heavy atom. The number of aliphatic hydroxyl groups excluding tert-OH is 1. The van der Waals surface area contributed by atoms with E-state index in [1.807, 2.05) is 37.3 Å². The molecule has 0 heterocycles. The molecule has 3 aromatic rings. The van der Waals surface area contributed by atoms with Crippen LogP contribution in [0.1, 0.15) is 101 Å². The molecule has 8 atom stereocenters. The van der Waals surface area contributed by atoms with Crippen molar-refractivity contribution in [3.63, 3.8) is 0 Å². The van der Waals surface area contributed by atoms with Gasteiger partial charge in [-0.05, 0) is 0 Å². The van der Waals surface area contributed by atoms with Gasteiger partial charge >= 0.3 is 279 Å². The zero-order valence-electron chi connectivity index (χ0n) is 26.7. The maximum absolute atomic E-state index is 12.3. The molecule has 44 heavy (non-hydrogen) atoms. The number of halogens is 1. The summed E-state index contributed by atoms with van der Waals surface area (Å²) < 4.78 is 7.88. The van der Waals surface area contributed by atoms with Gasteiger partial charge in [0, 0.05) is 0 Å². The Bertz CT molecular complexity index is 1360. The number of ether oxygens (including phenoxy) is 1. The topological polar surface area (TPSA) is 49.7 Å². The van der Waals surface area contributed by atoms with E-state index in [1.165, 1.54) is 17.5 Å². The third-order valence-electron chi connectivity index (χ3n) is 11.0. The van der Waals surface area contributed by atoms with Gasteiger partial charge < -0.3 is 0 Å². The molecule has 5 rings (SSSR count). The van der Waals surface area contributed by atoms with Crippen molar-refractivity contribution in [1.29, 1.82) is 0 Å². The van der Waals surface area contributed by atoms with Crippen LogP contribution in [0.3, 0.4) is 0 Å². The van der Waals surface area contributed by atoms with Gasteiger partial charge in [-0.3, -0.25) is 0 Å². The third-order valence-corrected chi connectivity index (χ3v) is 11.7. The summed E-state index contributed by atoms with van der Waals surface area (Å²) in [6, 6.07) is 28.8. The second-order valence-corrected chi connectivity index (χ2v) is 15.4. The van der Waals surface area contributed by atoms with Crippen LogP contribution in [-0.2, 0) is 26.0 Å². The predicted octanol–water partition coefficient (Wildman–Crippen LogP) is 9.19. The Hall–Kier alpha value is -1.77. The minimum atomic E-state index is -1.07. The SMILES string of the molecule is C[C@@H]1CC[C@@H](C(C)(C)c2ccccc2)[C@H](O[C](=[Cr])C[C@@H](c2ccccc2)[C@@H]2CCC[C@@H]([C@@H](O)c3ccc(Cl)cc3)[C@]2(C)O)C1. The van der Waals surface area contributed by atoms with E-state index in [2.05, 4.69) is 91.2 Å². The molecule has 2 fully saturated rings. The summed E-state index contributed by atoms with van der Waals surface area (Å²) >= 11 is 9.47. The fourth-order valence-corrected chi connectivity index (χ4v) is 8.95. The summed E-state index contributed by atoms with van der Waals surface area (Å²) in [5.41, 5.74) is 2.28. The van der Waals surface area contributed by atoms with Crippen molar-refractivity contribution in [1.82, 2.24) is 0 Å². The van der Waals surface area contributed by atoms with E-state index in [-0.39, 0.29) is 29.3 Å². The van der Waals surface area contributed by atoms with Crippen molar-refractivity contribution in [2.24, 2.45) is 23.7 Å². The third kappa shape index (κ3) is 7.44. The average Bonchev–Trinajstić information content (AvgIpc) is 3.01. The van der Waals surface area contributed by atoms with Crippen molar-refractivity contribution in [2.75, 3.05) is 0 Å². The van der Waals surface area contributed by atoms with Gasteiger partial charge in [0.15, 0.2) is 0 Å². The molecule has 3 aromatic carbocycles. The number of aliphatic hydroxyl groups is 2. The molecule has 0 spiro atoms. The maximum atomic E-state index is 12.3. The van der Waals surface area contributed by atoms with Gasteiger partial charge in [-0.15, -0.1) is 0 Å². The van der Waals surface area contributed by atoms with Crippen LogP contribution in [0.5, 0.6) is 0 Å². The summed E-state index contributed by atoms with van der Waals surface area (Å²) in [4.78, 5) is 0. The first-order chi connectivity index (χ1) is 21.0. The molecule has 2 aliphatic rings. The summed E-state index contributed by atoms with van der Waals surface area (Å²) in [6.45, 7) is 9.03. The predicted molar refractivity (Wildman–Crippen MR) is 178 cm³/mol. The summed E-state index contributed by atoms with van der Waals surface area (Å²) in [5.74, 6) is 0.740. The molecule has 0 saturated heterocycles. The van der Waals surface area contributed by atoms with Gasteiger partial charge in [-0.2, -0.15) is 0 Å². The zero-order valence-corrected chi connectivity index (χ0v) is 28.7. The van der Waals surface area contributed by atoms with E-state index in [0.29, 0.717) is 23.3 Å². The fraction of sp³-hybridized carbons (Fsp3) is 0.513. The minimum absolute atomic E-state index is 0.0107. The summed E-state index contributed by atoms with van der Waals surface area (Å²) in [7, 11) is 0. The molecule has 0 aliphatic heterocycles. The Morgan fingerprint density at radius 1 is 0.909 bits per heavy atom. The molecule has 2 saturated carbocycles. The van der Waals surface area contributed by atoms with Crippen LogP contribution in [0.25, 0.3) is 0 Å². The quantitative estimate of drug-likeness (QED) is 0.230. The first-order valence-corrected chi connectivity index (χ1v) is 17.5. The zero-order chi connectivity index (χ0) is 31.5. The van der Waals surface area contributed by atoms with Gasteiger partial charge in [0.1, 0.15) is 0 Å². The molecule has 2 aliphatic carbocycles. The molecule has 236 valence electrons. The van der Waals surface area contributed by atoms with Crippen LogP contribution in [0.15, 0.2) is 84.9 Å². The van der Waals surface area contributed by atoms with E-state index in [1.54, 1.807) is 0 Å². The van der Waals surface area contributed by atoms with E-state index >= 15 is 0 Å². The average molecular weight is 653 g/mol. The normalized spacial score (nSPS) is 29.1.